The van der Waals surface area contributed by atoms with Gasteiger partial charge in [-0.05, 0) is 30.2 Å². The molecule has 2 aromatic carbocycles. The number of rotatable bonds is 3. The van der Waals surface area contributed by atoms with Gasteiger partial charge >= 0.3 is 0 Å². The number of hydrogen-bond acceptors (Lipinski definition) is 2. The van der Waals surface area contributed by atoms with Crippen LogP contribution < -0.4 is 10.6 Å². The fraction of sp³-hybridized carbons (Fsp3) is 0.250. The first-order valence-electron chi connectivity index (χ1n) is 6.17. The van der Waals surface area contributed by atoms with Crippen LogP contribution in [-0.4, -0.2) is 14.1 Å². The number of aryl methyl sites for hydroxylation is 1. The summed E-state index contributed by atoms with van der Waals surface area (Å²) in [5.41, 5.74) is 11.1. The van der Waals surface area contributed by atoms with Gasteiger partial charge in [0.1, 0.15) is 0 Å². The van der Waals surface area contributed by atoms with E-state index < -0.39 is 0 Å². The summed E-state index contributed by atoms with van der Waals surface area (Å²) in [4.78, 5) is 2.09. The van der Waals surface area contributed by atoms with E-state index in [1.54, 1.807) is 0 Å². The van der Waals surface area contributed by atoms with Crippen molar-refractivity contribution in [3.05, 3.63) is 65.2 Å². The van der Waals surface area contributed by atoms with E-state index in [4.69, 9.17) is 5.73 Å². The minimum atomic E-state index is -0.0650. The summed E-state index contributed by atoms with van der Waals surface area (Å²) < 4.78 is 0. The highest BCUT2D eigenvalue weighted by atomic mass is 15.1. The average molecular weight is 240 g/mol. The van der Waals surface area contributed by atoms with Crippen molar-refractivity contribution in [2.45, 2.75) is 13.0 Å². The second kappa shape index (κ2) is 5.23. The highest BCUT2D eigenvalue weighted by molar-refractivity contribution is 5.49. The smallest absolute Gasteiger partial charge is 0.0552 e. The predicted molar refractivity (Wildman–Crippen MR) is 78.0 cm³/mol. The molecule has 2 heteroatoms. The van der Waals surface area contributed by atoms with Gasteiger partial charge < -0.3 is 10.6 Å². The van der Waals surface area contributed by atoms with Crippen LogP contribution in [0.15, 0.2) is 48.5 Å². The number of hydrogen-bond donors (Lipinski definition) is 1. The third kappa shape index (κ3) is 2.71. The Bertz CT molecular complexity index is 532. The van der Waals surface area contributed by atoms with Gasteiger partial charge in [-0.25, -0.2) is 0 Å². The van der Waals surface area contributed by atoms with Gasteiger partial charge in [-0.1, -0.05) is 42.0 Å². The minimum Gasteiger partial charge on any atom is -0.378 e. The van der Waals surface area contributed by atoms with Crippen molar-refractivity contribution in [1.29, 1.82) is 0 Å². The lowest BCUT2D eigenvalue weighted by molar-refractivity contribution is 0.868. The van der Waals surface area contributed by atoms with Crippen molar-refractivity contribution in [3.63, 3.8) is 0 Å². The zero-order valence-corrected chi connectivity index (χ0v) is 11.2. The second-order valence-corrected chi connectivity index (χ2v) is 4.88. The molecule has 0 aliphatic heterocycles. The molecule has 2 aromatic rings. The van der Waals surface area contributed by atoms with Crippen LogP contribution in [0.5, 0.6) is 0 Å². The third-order valence-corrected chi connectivity index (χ3v) is 3.15. The van der Waals surface area contributed by atoms with Crippen molar-refractivity contribution < 1.29 is 0 Å². The maximum atomic E-state index is 6.34. The molecule has 0 fully saturated rings. The van der Waals surface area contributed by atoms with E-state index in [0.717, 1.165) is 11.1 Å². The molecule has 1 atom stereocenters. The van der Waals surface area contributed by atoms with E-state index in [9.17, 15) is 0 Å². The molecular formula is C16H20N2. The largest absolute Gasteiger partial charge is 0.378 e. The summed E-state index contributed by atoms with van der Waals surface area (Å²) in [6, 6.07) is 16.7. The summed E-state index contributed by atoms with van der Waals surface area (Å²) in [6.45, 7) is 2.09. The Morgan fingerprint density at radius 3 is 2.17 bits per heavy atom. The van der Waals surface area contributed by atoms with E-state index in [1.807, 2.05) is 14.1 Å². The summed E-state index contributed by atoms with van der Waals surface area (Å²) in [7, 11) is 4.08. The number of nitrogens with zero attached hydrogens (tertiary/aromatic N) is 1. The lowest BCUT2D eigenvalue weighted by Crippen LogP contribution is -2.14. The van der Waals surface area contributed by atoms with E-state index in [2.05, 4.69) is 60.4 Å². The fourth-order valence-electron chi connectivity index (χ4n) is 2.05. The van der Waals surface area contributed by atoms with Crippen molar-refractivity contribution in [2.24, 2.45) is 5.73 Å². The molecule has 0 spiro atoms. The van der Waals surface area contributed by atoms with Gasteiger partial charge in [0.15, 0.2) is 0 Å². The minimum absolute atomic E-state index is 0.0650. The molecule has 0 bridgehead atoms. The maximum absolute atomic E-state index is 6.34. The molecule has 2 rings (SSSR count). The quantitative estimate of drug-likeness (QED) is 0.893. The highest BCUT2D eigenvalue weighted by Crippen LogP contribution is 2.23. The topological polar surface area (TPSA) is 29.3 Å². The Hall–Kier alpha value is -1.80. The van der Waals surface area contributed by atoms with Crippen LogP contribution in [0.2, 0.25) is 0 Å². The Morgan fingerprint density at radius 1 is 0.944 bits per heavy atom. The predicted octanol–water partition coefficient (Wildman–Crippen LogP) is 3.11. The van der Waals surface area contributed by atoms with Crippen LogP contribution in [0, 0.1) is 6.92 Å². The number of anilines is 1. The molecule has 0 radical (unpaired) electrons. The Balaban J connectivity index is 2.33. The lowest BCUT2D eigenvalue weighted by atomic mass is 9.98. The molecular weight excluding hydrogens is 220 g/mol. The summed E-state index contributed by atoms with van der Waals surface area (Å²) >= 11 is 0. The lowest BCUT2D eigenvalue weighted by Gasteiger charge is -2.17. The molecule has 2 nitrogen and oxygen atoms in total. The van der Waals surface area contributed by atoms with Gasteiger partial charge in [-0.2, -0.15) is 0 Å². The molecule has 0 amide bonds. The summed E-state index contributed by atoms with van der Waals surface area (Å²) in [5, 5.41) is 0. The zero-order valence-electron chi connectivity index (χ0n) is 11.2. The molecule has 18 heavy (non-hydrogen) atoms. The second-order valence-electron chi connectivity index (χ2n) is 4.88. The van der Waals surface area contributed by atoms with E-state index in [1.165, 1.54) is 11.3 Å². The molecule has 2 N–H and O–H groups in total. The summed E-state index contributed by atoms with van der Waals surface area (Å²) in [6.07, 6.45) is 0. The number of nitrogens with two attached hydrogens (primary N) is 1. The molecule has 94 valence electrons. The van der Waals surface area contributed by atoms with Gasteiger partial charge in [0.25, 0.3) is 0 Å². The molecule has 0 saturated carbocycles. The van der Waals surface area contributed by atoms with Crippen LogP contribution in [0.3, 0.4) is 0 Å². The van der Waals surface area contributed by atoms with Gasteiger partial charge in [-0.15, -0.1) is 0 Å². The van der Waals surface area contributed by atoms with Crippen LogP contribution in [0.25, 0.3) is 0 Å². The third-order valence-electron chi connectivity index (χ3n) is 3.15. The van der Waals surface area contributed by atoms with Gasteiger partial charge in [0.05, 0.1) is 6.04 Å². The van der Waals surface area contributed by atoms with Crippen molar-refractivity contribution >= 4 is 5.69 Å². The molecule has 0 aliphatic carbocycles. The normalized spacial score (nSPS) is 12.2. The molecule has 1 unspecified atom stereocenters. The number of benzene rings is 2. The first kappa shape index (κ1) is 12.7. The van der Waals surface area contributed by atoms with Crippen LogP contribution >= 0.6 is 0 Å². The average Bonchev–Trinajstić information content (AvgIpc) is 2.38. The van der Waals surface area contributed by atoms with Crippen LogP contribution in [0.4, 0.5) is 5.69 Å². The van der Waals surface area contributed by atoms with Crippen molar-refractivity contribution in [2.75, 3.05) is 19.0 Å². The SMILES string of the molecule is Cc1cccc(C(N)c2cccc(N(C)C)c2)c1. The standard InChI is InChI=1S/C16H20N2/c1-12-6-4-7-13(10-12)16(17)14-8-5-9-15(11-14)18(2)3/h4-11,16H,17H2,1-3H3. The monoisotopic (exact) mass is 240 g/mol. The molecule has 0 aliphatic rings. The fourth-order valence-corrected chi connectivity index (χ4v) is 2.05. The maximum Gasteiger partial charge on any atom is 0.0552 e. The van der Waals surface area contributed by atoms with E-state index >= 15 is 0 Å². The Morgan fingerprint density at radius 2 is 1.56 bits per heavy atom. The molecule has 0 saturated heterocycles. The van der Waals surface area contributed by atoms with Crippen molar-refractivity contribution in [3.8, 4) is 0 Å². The Labute approximate surface area is 109 Å². The Kier molecular flexibility index (Phi) is 3.68. The highest BCUT2D eigenvalue weighted by Gasteiger charge is 2.09. The van der Waals surface area contributed by atoms with Crippen molar-refractivity contribution in [1.82, 2.24) is 0 Å². The first-order valence-corrected chi connectivity index (χ1v) is 6.17. The van der Waals surface area contributed by atoms with Crippen LogP contribution in [0.1, 0.15) is 22.7 Å². The molecule has 0 aromatic heterocycles. The van der Waals surface area contributed by atoms with Gasteiger partial charge in [-0.3, -0.25) is 0 Å². The van der Waals surface area contributed by atoms with Crippen LogP contribution in [-0.2, 0) is 0 Å². The zero-order chi connectivity index (χ0) is 13.1. The van der Waals surface area contributed by atoms with Gasteiger partial charge in [0, 0.05) is 19.8 Å². The molecule has 0 heterocycles. The first-order chi connectivity index (χ1) is 8.58. The van der Waals surface area contributed by atoms with E-state index in [0.29, 0.717) is 0 Å². The van der Waals surface area contributed by atoms with E-state index in [-0.39, 0.29) is 6.04 Å². The van der Waals surface area contributed by atoms with Gasteiger partial charge in [0.2, 0.25) is 0 Å². The summed E-state index contributed by atoms with van der Waals surface area (Å²) in [5.74, 6) is 0.